The van der Waals surface area contributed by atoms with Crippen molar-refractivity contribution in [3.63, 3.8) is 0 Å². The first-order chi connectivity index (χ1) is 5.56. The van der Waals surface area contributed by atoms with E-state index in [0.717, 1.165) is 0 Å². The number of sulfone groups is 1. The molecular weight excluding hydrogens is 219 g/mol. The van der Waals surface area contributed by atoms with Gasteiger partial charge in [-0.2, -0.15) is 22.0 Å². The highest BCUT2D eigenvalue weighted by Crippen LogP contribution is 2.45. The summed E-state index contributed by atoms with van der Waals surface area (Å²) < 4.78 is 81.4. The molecule has 13 heavy (non-hydrogen) atoms. The van der Waals surface area contributed by atoms with Crippen LogP contribution in [0.15, 0.2) is 0 Å². The maximum Gasteiger partial charge on any atom is 0.393 e. The van der Waals surface area contributed by atoms with Crippen LogP contribution in [-0.4, -0.2) is 25.6 Å². The highest BCUT2D eigenvalue weighted by Gasteiger charge is 2.61. The third-order valence-electron chi connectivity index (χ3n) is 1.82. The van der Waals surface area contributed by atoms with Crippen LogP contribution >= 0.6 is 0 Å². The molecular formula is C5H5F5O2S. The van der Waals surface area contributed by atoms with Crippen molar-refractivity contribution in [3.05, 3.63) is 0 Å². The van der Waals surface area contributed by atoms with Crippen molar-refractivity contribution in [2.24, 2.45) is 5.92 Å². The van der Waals surface area contributed by atoms with Crippen molar-refractivity contribution in [1.82, 2.24) is 0 Å². The van der Waals surface area contributed by atoms with Crippen molar-refractivity contribution in [3.8, 4) is 0 Å². The summed E-state index contributed by atoms with van der Waals surface area (Å²) >= 11 is 0. The standard InChI is InChI=1S/C5H5F5O2S/c6-4(7)1-3(5(8,9)10)2-13(4,11)12/h3H,1-2H2. The molecule has 0 aliphatic carbocycles. The summed E-state index contributed by atoms with van der Waals surface area (Å²) in [7, 11) is -4.91. The Hall–Kier alpha value is -0.400. The average Bonchev–Trinajstić information content (AvgIpc) is 2.00. The number of hydrogen-bond donors (Lipinski definition) is 0. The van der Waals surface area contributed by atoms with Gasteiger partial charge >= 0.3 is 11.4 Å². The van der Waals surface area contributed by atoms with E-state index in [9.17, 15) is 30.4 Å². The van der Waals surface area contributed by atoms with Crippen LogP contribution in [0, 0.1) is 5.92 Å². The van der Waals surface area contributed by atoms with Gasteiger partial charge in [-0.15, -0.1) is 0 Å². The second-order valence-corrected chi connectivity index (χ2v) is 5.02. The third-order valence-corrected chi connectivity index (χ3v) is 3.74. The Morgan fingerprint density at radius 3 is 1.85 bits per heavy atom. The molecule has 0 aromatic heterocycles. The molecule has 1 fully saturated rings. The molecule has 0 radical (unpaired) electrons. The first-order valence-electron chi connectivity index (χ1n) is 3.23. The summed E-state index contributed by atoms with van der Waals surface area (Å²) in [5.41, 5.74) is 0. The Balaban J connectivity index is 2.96. The lowest BCUT2D eigenvalue weighted by Gasteiger charge is -2.11. The van der Waals surface area contributed by atoms with E-state index in [1.54, 1.807) is 0 Å². The molecule has 1 aliphatic rings. The van der Waals surface area contributed by atoms with Gasteiger partial charge in [-0.1, -0.05) is 0 Å². The number of alkyl halides is 5. The lowest BCUT2D eigenvalue weighted by atomic mass is 10.1. The Kier molecular flexibility index (Phi) is 2.10. The van der Waals surface area contributed by atoms with Crippen LogP contribution < -0.4 is 0 Å². The minimum absolute atomic E-state index is 1.51. The van der Waals surface area contributed by atoms with Crippen molar-refractivity contribution >= 4 is 9.84 Å². The molecule has 0 aromatic carbocycles. The van der Waals surface area contributed by atoms with E-state index < -0.39 is 39.4 Å². The van der Waals surface area contributed by atoms with Crippen LogP contribution in [0.25, 0.3) is 0 Å². The molecule has 1 atom stereocenters. The molecule has 0 amide bonds. The van der Waals surface area contributed by atoms with Gasteiger partial charge in [0.05, 0.1) is 11.7 Å². The summed E-state index contributed by atoms with van der Waals surface area (Å²) in [6.07, 6.45) is -6.52. The van der Waals surface area contributed by atoms with Crippen molar-refractivity contribution in [1.29, 1.82) is 0 Å². The summed E-state index contributed by atoms with van der Waals surface area (Å²) in [5, 5.41) is -4.23. The van der Waals surface area contributed by atoms with E-state index in [1.165, 1.54) is 0 Å². The minimum Gasteiger partial charge on any atom is -0.223 e. The zero-order valence-electron chi connectivity index (χ0n) is 6.11. The molecule has 1 aliphatic heterocycles. The number of halogens is 5. The van der Waals surface area contributed by atoms with Crippen LogP contribution in [0.3, 0.4) is 0 Å². The van der Waals surface area contributed by atoms with Gasteiger partial charge in [-0.3, -0.25) is 0 Å². The molecule has 2 nitrogen and oxygen atoms in total. The maximum atomic E-state index is 12.4. The van der Waals surface area contributed by atoms with E-state index in [2.05, 4.69) is 0 Å². The number of rotatable bonds is 0. The summed E-state index contributed by atoms with van der Waals surface area (Å²) in [4.78, 5) is 0. The van der Waals surface area contributed by atoms with Gasteiger partial charge < -0.3 is 0 Å². The van der Waals surface area contributed by atoms with Gasteiger partial charge in [-0.05, 0) is 0 Å². The Morgan fingerprint density at radius 1 is 1.23 bits per heavy atom. The van der Waals surface area contributed by atoms with Gasteiger partial charge in [0.1, 0.15) is 0 Å². The molecule has 0 bridgehead atoms. The van der Waals surface area contributed by atoms with Crippen molar-refractivity contribution in [2.45, 2.75) is 17.9 Å². The van der Waals surface area contributed by atoms with Crippen LogP contribution in [0.5, 0.6) is 0 Å². The van der Waals surface area contributed by atoms with Gasteiger partial charge in [0.2, 0.25) is 9.84 Å². The smallest absolute Gasteiger partial charge is 0.223 e. The average molecular weight is 224 g/mol. The monoisotopic (exact) mass is 224 g/mol. The molecule has 0 spiro atoms. The largest absolute Gasteiger partial charge is 0.393 e. The molecule has 1 heterocycles. The second-order valence-electron chi connectivity index (χ2n) is 2.86. The third kappa shape index (κ3) is 1.77. The minimum atomic E-state index is -4.91. The SMILES string of the molecule is O=S1(=O)CC(C(F)(F)F)CC1(F)F. The maximum absolute atomic E-state index is 12.4. The van der Waals surface area contributed by atoms with Crippen LogP contribution in [0.1, 0.15) is 6.42 Å². The van der Waals surface area contributed by atoms with Gasteiger partial charge in [-0.25, -0.2) is 8.42 Å². The first-order valence-corrected chi connectivity index (χ1v) is 4.88. The lowest BCUT2D eigenvalue weighted by Crippen LogP contribution is -2.23. The predicted octanol–water partition coefficient (Wildman–Crippen LogP) is 1.58. The fraction of sp³-hybridized carbons (Fsp3) is 1.00. The first kappa shape index (κ1) is 10.7. The molecule has 1 rings (SSSR count). The van der Waals surface area contributed by atoms with Crippen LogP contribution in [-0.2, 0) is 9.84 Å². The molecule has 0 N–H and O–H groups in total. The van der Waals surface area contributed by atoms with E-state index in [4.69, 9.17) is 0 Å². The highest BCUT2D eigenvalue weighted by atomic mass is 32.2. The lowest BCUT2D eigenvalue weighted by molar-refractivity contribution is -0.175. The number of hydrogen-bond acceptors (Lipinski definition) is 2. The normalized spacial score (nSPS) is 31.9. The Morgan fingerprint density at radius 2 is 1.69 bits per heavy atom. The molecule has 1 unspecified atom stereocenters. The summed E-state index contributed by atoms with van der Waals surface area (Å²) in [6.45, 7) is 0. The zero-order chi connectivity index (χ0) is 10.5. The Bertz CT molecular complexity index is 303. The zero-order valence-corrected chi connectivity index (χ0v) is 6.92. The molecule has 1 saturated heterocycles. The fourth-order valence-electron chi connectivity index (χ4n) is 1.07. The molecule has 8 heteroatoms. The van der Waals surface area contributed by atoms with E-state index in [0.29, 0.717) is 0 Å². The van der Waals surface area contributed by atoms with Crippen molar-refractivity contribution < 1.29 is 30.4 Å². The van der Waals surface area contributed by atoms with Crippen LogP contribution in [0.4, 0.5) is 22.0 Å². The highest BCUT2D eigenvalue weighted by molar-refractivity contribution is 7.92. The second kappa shape index (κ2) is 2.55. The van der Waals surface area contributed by atoms with E-state index >= 15 is 0 Å². The van der Waals surface area contributed by atoms with Crippen LogP contribution in [0.2, 0.25) is 0 Å². The van der Waals surface area contributed by atoms with Gasteiger partial charge in [0.15, 0.2) is 0 Å². The predicted molar refractivity (Wildman–Crippen MR) is 32.9 cm³/mol. The van der Waals surface area contributed by atoms with E-state index in [-0.39, 0.29) is 0 Å². The molecule has 78 valence electrons. The Labute approximate surface area is 70.6 Å². The van der Waals surface area contributed by atoms with Crippen molar-refractivity contribution in [2.75, 3.05) is 5.75 Å². The summed E-state index contributed by atoms with van der Waals surface area (Å²) in [5.74, 6) is -3.95. The molecule has 0 aromatic rings. The van der Waals surface area contributed by atoms with E-state index in [1.807, 2.05) is 0 Å². The summed E-state index contributed by atoms with van der Waals surface area (Å²) in [6, 6.07) is 0. The van der Waals surface area contributed by atoms with Gasteiger partial charge in [0, 0.05) is 6.42 Å². The van der Waals surface area contributed by atoms with Gasteiger partial charge in [0.25, 0.3) is 0 Å². The fourth-order valence-corrected chi connectivity index (χ4v) is 2.61. The quantitative estimate of drug-likeness (QED) is 0.585. The topological polar surface area (TPSA) is 34.1 Å². The molecule has 0 saturated carbocycles.